The first-order chi connectivity index (χ1) is 19.6. The summed E-state index contributed by atoms with van der Waals surface area (Å²) in [5.74, 6) is -1.85. The zero-order valence-corrected chi connectivity index (χ0v) is 24.8. The number of hydrogen-bond acceptors (Lipinski definition) is 5. The number of benzene rings is 2. The van der Waals surface area contributed by atoms with Crippen molar-refractivity contribution in [3.05, 3.63) is 89.5 Å². The summed E-state index contributed by atoms with van der Waals surface area (Å²) in [5, 5.41) is 10.7. The lowest BCUT2D eigenvalue weighted by Gasteiger charge is -2.40. The highest BCUT2D eigenvalue weighted by Crippen LogP contribution is 2.66. The van der Waals surface area contributed by atoms with Crippen LogP contribution in [-0.2, 0) is 20.8 Å². The molecule has 2 aromatic rings. The maximum Gasteiger partial charge on any atom is 0.251 e. The standard InChI is InChI=1S/C33H37N3O4S/c1-21-11-8-12-22(2)27(21)35-18-10-16-33-26(25-29(38)34(4)17-9-15-32(25,3)41-33)30(39)36(28(33)31(35)40)24(20-37)19-23-13-6-5-7-14-23/h5-16,24-26,28,37H,17-20H2,1-4H3/t24-,25-,26+,28?,32+,33+/m1/s1. The molecule has 4 aliphatic rings. The Balaban J connectivity index is 1.53. The van der Waals surface area contributed by atoms with Gasteiger partial charge in [0.2, 0.25) is 11.8 Å². The van der Waals surface area contributed by atoms with E-state index in [0.717, 1.165) is 22.4 Å². The van der Waals surface area contributed by atoms with Gasteiger partial charge in [-0.15, -0.1) is 11.8 Å². The number of nitrogens with zero attached hydrogens (tertiary/aromatic N) is 3. The molecule has 6 atom stereocenters. The average Bonchev–Trinajstić information content (AvgIpc) is 3.23. The monoisotopic (exact) mass is 571 g/mol. The number of aliphatic hydroxyl groups is 1. The molecule has 7 nitrogen and oxygen atoms in total. The van der Waals surface area contributed by atoms with Crippen LogP contribution in [0.25, 0.3) is 0 Å². The molecule has 6 rings (SSSR count). The van der Waals surface area contributed by atoms with Crippen molar-refractivity contribution in [2.75, 3.05) is 31.6 Å². The van der Waals surface area contributed by atoms with Gasteiger partial charge >= 0.3 is 0 Å². The van der Waals surface area contributed by atoms with Crippen LogP contribution in [0.3, 0.4) is 0 Å². The van der Waals surface area contributed by atoms with E-state index >= 15 is 0 Å². The number of para-hydroxylation sites is 1. The van der Waals surface area contributed by atoms with E-state index in [0.29, 0.717) is 19.5 Å². The van der Waals surface area contributed by atoms with Gasteiger partial charge in [-0.25, -0.2) is 0 Å². The molecule has 8 heteroatoms. The molecular formula is C33H37N3O4S. The fourth-order valence-electron chi connectivity index (χ4n) is 7.55. The summed E-state index contributed by atoms with van der Waals surface area (Å²) < 4.78 is -1.61. The summed E-state index contributed by atoms with van der Waals surface area (Å²) in [7, 11) is 1.77. The lowest BCUT2D eigenvalue weighted by molar-refractivity contribution is -0.144. The highest BCUT2D eigenvalue weighted by Gasteiger charge is 2.74. The lowest BCUT2D eigenvalue weighted by atomic mass is 9.74. The van der Waals surface area contributed by atoms with Crippen molar-refractivity contribution in [2.45, 2.75) is 48.8 Å². The number of fused-ring (bicyclic) bond motifs is 2. The Kier molecular flexibility index (Phi) is 6.90. The van der Waals surface area contributed by atoms with Crippen LogP contribution < -0.4 is 4.90 Å². The third kappa shape index (κ3) is 4.17. The number of carbonyl (C=O) groups excluding carboxylic acids is 3. The van der Waals surface area contributed by atoms with Gasteiger partial charge in [0.05, 0.1) is 29.2 Å². The second-order valence-electron chi connectivity index (χ2n) is 12.0. The summed E-state index contributed by atoms with van der Waals surface area (Å²) in [5.41, 5.74) is 3.78. The summed E-state index contributed by atoms with van der Waals surface area (Å²) in [6, 6.07) is 14.2. The molecule has 0 bridgehead atoms. The van der Waals surface area contributed by atoms with E-state index in [2.05, 4.69) is 6.08 Å². The molecule has 4 aliphatic heterocycles. The van der Waals surface area contributed by atoms with Crippen LogP contribution in [0.5, 0.6) is 0 Å². The number of thioether (sulfide) groups is 1. The summed E-state index contributed by atoms with van der Waals surface area (Å²) in [6.07, 6.45) is 8.50. The number of carbonyl (C=O) groups is 3. The van der Waals surface area contributed by atoms with Crippen molar-refractivity contribution in [2.24, 2.45) is 11.8 Å². The van der Waals surface area contributed by atoms with Crippen molar-refractivity contribution >= 4 is 35.2 Å². The van der Waals surface area contributed by atoms with Crippen LogP contribution in [0.4, 0.5) is 5.69 Å². The zero-order valence-electron chi connectivity index (χ0n) is 24.0. The first-order valence-corrected chi connectivity index (χ1v) is 15.1. The SMILES string of the molecule is Cc1cccc(C)c1N1CC=C[C@]23S[C@@]4(C)C=CCN(C)C(=O)[C@H]4[C@H]2C(=O)N([C@@H](CO)Cc2ccccc2)C3C1=O. The molecule has 214 valence electrons. The van der Waals surface area contributed by atoms with Gasteiger partial charge in [0.25, 0.3) is 5.91 Å². The second-order valence-corrected chi connectivity index (χ2v) is 13.8. The maximum absolute atomic E-state index is 14.9. The minimum Gasteiger partial charge on any atom is -0.394 e. The van der Waals surface area contributed by atoms with Crippen LogP contribution in [0.2, 0.25) is 0 Å². The van der Waals surface area contributed by atoms with E-state index in [9.17, 15) is 19.5 Å². The molecule has 0 radical (unpaired) electrons. The van der Waals surface area contributed by atoms with Crippen LogP contribution in [0.15, 0.2) is 72.8 Å². The van der Waals surface area contributed by atoms with Gasteiger partial charge in [-0.1, -0.05) is 72.8 Å². The Morgan fingerprint density at radius 3 is 2.27 bits per heavy atom. The fourth-order valence-corrected chi connectivity index (χ4v) is 9.69. The number of likely N-dealkylation sites (N-methyl/N-ethyl adjacent to an activating group) is 1. The zero-order chi connectivity index (χ0) is 29.1. The number of aryl methyl sites for hydroxylation is 2. The summed E-state index contributed by atoms with van der Waals surface area (Å²) >= 11 is 1.57. The molecule has 1 N–H and O–H groups in total. The molecule has 2 fully saturated rings. The van der Waals surface area contributed by atoms with Gasteiger partial charge in [0.1, 0.15) is 6.04 Å². The quantitative estimate of drug-likeness (QED) is 0.556. The van der Waals surface area contributed by atoms with E-state index in [1.54, 1.807) is 33.5 Å². The molecule has 2 aromatic carbocycles. The van der Waals surface area contributed by atoms with Crippen LogP contribution in [0.1, 0.15) is 23.6 Å². The minimum absolute atomic E-state index is 0.0823. The van der Waals surface area contributed by atoms with Crippen molar-refractivity contribution in [1.29, 1.82) is 0 Å². The Bertz CT molecular complexity index is 1440. The number of likely N-dealkylation sites (tertiary alicyclic amines) is 1. The number of anilines is 1. The molecule has 0 aliphatic carbocycles. The second kappa shape index (κ2) is 10.2. The molecule has 3 amide bonds. The third-order valence-electron chi connectivity index (χ3n) is 9.32. The minimum atomic E-state index is -0.957. The maximum atomic E-state index is 14.9. The van der Waals surface area contributed by atoms with E-state index < -0.39 is 33.4 Å². The summed E-state index contributed by atoms with van der Waals surface area (Å²) in [4.78, 5) is 48.7. The Labute approximate surface area is 245 Å². The van der Waals surface area contributed by atoms with Crippen LogP contribution >= 0.6 is 11.8 Å². The first kappa shape index (κ1) is 27.8. The molecule has 41 heavy (non-hydrogen) atoms. The molecular weight excluding hydrogens is 534 g/mol. The van der Waals surface area contributed by atoms with Crippen LogP contribution in [-0.4, -0.2) is 80.9 Å². The number of amides is 3. The molecule has 2 saturated heterocycles. The molecule has 4 heterocycles. The van der Waals surface area contributed by atoms with E-state index in [-0.39, 0.29) is 24.3 Å². The Morgan fingerprint density at radius 2 is 1.59 bits per heavy atom. The Hall–Kier alpha value is -3.36. The number of rotatable bonds is 5. The van der Waals surface area contributed by atoms with E-state index in [1.165, 1.54) is 0 Å². The average molecular weight is 572 g/mol. The Morgan fingerprint density at radius 1 is 0.902 bits per heavy atom. The highest BCUT2D eigenvalue weighted by atomic mass is 32.2. The topological polar surface area (TPSA) is 81.2 Å². The lowest BCUT2D eigenvalue weighted by Crippen LogP contribution is -2.57. The van der Waals surface area contributed by atoms with Gasteiger partial charge in [0, 0.05) is 30.6 Å². The normalized spacial score (nSPS) is 31.6. The molecule has 0 saturated carbocycles. The molecule has 1 spiro atoms. The van der Waals surface area contributed by atoms with Crippen molar-refractivity contribution in [3.8, 4) is 0 Å². The number of aliphatic hydroxyl groups excluding tert-OH is 1. The third-order valence-corrected chi connectivity index (χ3v) is 11.1. The highest BCUT2D eigenvalue weighted by molar-refractivity contribution is 8.02. The summed E-state index contributed by atoms with van der Waals surface area (Å²) in [6.45, 7) is 6.57. The van der Waals surface area contributed by atoms with E-state index in [1.807, 2.05) is 87.5 Å². The smallest absolute Gasteiger partial charge is 0.251 e. The predicted octanol–water partition coefficient (Wildman–Crippen LogP) is 3.53. The van der Waals surface area contributed by atoms with Gasteiger partial charge in [0.15, 0.2) is 0 Å². The van der Waals surface area contributed by atoms with Gasteiger partial charge in [-0.2, -0.15) is 0 Å². The first-order valence-electron chi connectivity index (χ1n) is 14.3. The molecule has 1 unspecified atom stereocenters. The predicted molar refractivity (Wildman–Crippen MR) is 162 cm³/mol. The van der Waals surface area contributed by atoms with Crippen molar-refractivity contribution in [3.63, 3.8) is 0 Å². The number of hydrogen-bond donors (Lipinski definition) is 1. The van der Waals surface area contributed by atoms with Crippen LogP contribution in [0, 0.1) is 25.7 Å². The van der Waals surface area contributed by atoms with Gasteiger partial charge in [-0.05, 0) is 43.9 Å². The largest absolute Gasteiger partial charge is 0.394 e. The van der Waals surface area contributed by atoms with Gasteiger partial charge < -0.3 is 19.8 Å². The van der Waals surface area contributed by atoms with E-state index in [4.69, 9.17) is 0 Å². The molecule has 0 aromatic heterocycles. The van der Waals surface area contributed by atoms with Crippen molar-refractivity contribution < 1.29 is 19.5 Å². The fraction of sp³-hybridized carbons (Fsp3) is 0.424. The van der Waals surface area contributed by atoms with Gasteiger partial charge in [-0.3, -0.25) is 14.4 Å². The van der Waals surface area contributed by atoms with Crippen molar-refractivity contribution in [1.82, 2.24) is 9.80 Å².